The van der Waals surface area contributed by atoms with Crippen LogP contribution in [0.5, 0.6) is 0 Å². The molecule has 0 aromatic rings. The molecule has 9 heteroatoms. The molecule has 0 aromatic carbocycles. The number of hydrogen-bond acceptors (Lipinski definition) is 5. The standard InChI is InChI=1S/C22H29F3N4OS/c23-22(24,25)9-12-29-10-7-17(8-11-29)31-14-20-27-19-13-16(26-15-3-1-2-4-15)5-6-18(19)21(30)28-20/h5-6,13,15,17-18H,1-4,7-12,14H2,(H,27,28,30). The topological polar surface area (TPSA) is 57.1 Å². The van der Waals surface area contributed by atoms with Gasteiger partial charge in [-0.25, -0.2) is 4.99 Å². The van der Waals surface area contributed by atoms with Gasteiger partial charge in [-0.1, -0.05) is 18.9 Å². The molecule has 31 heavy (non-hydrogen) atoms. The molecular formula is C22H29F3N4OS. The van der Waals surface area contributed by atoms with Crippen molar-refractivity contribution in [3.05, 3.63) is 23.9 Å². The fourth-order valence-electron chi connectivity index (χ4n) is 4.48. The number of piperidine rings is 1. The van der Waals surface area contributed by atoms with Crippen LogP contribution in [0.3, 0.4) is 0 Å². The van der Waals surface area contributed by atoms with E-state index in [1.807, 2.05) is 23.1 Å². The minimum atomic E-state index is -4.09. The summed E-state index contributed by atoms with van der Waals surface area (Å²) in [6.45, 7) is 1.45. The molecule has 0 aromatic heterocycles. The molecule has 2 aliphatic heterocycles. The number of rotatable bonds is 6. The monoisotopic (exact) mass is 454 g/mol. The third-order valence-electron chi connectivity index (χ3n) is 6.25. The Balaban J connectivity index is 1.29. The van der Waals surface area contributed by atoms with Gasteiger partial charge in [0.1, 0.15) is 5.84 Å². The summed E-state index contributed by atoms with van der Waals surface area (Å²) in [4.78, 5) is 23.9. The Morgan fingerprint density at radius 3 is 2.65 bits per heavy atom. The van der Waals surface area contributed by atoms with Crippen molar-refractivity contribution < 1.29 is 18.0 Å². The van der Waals surface area contributed by atoms with Crippen molar-refractivity contribution in [1.82, 2.24) is 10.2 Å². The molecule has 1 amide bonds. The van der Waals surface area contributed by atoms with Crippen LogP contribution in [0.25, 0.3) is 0 Å². The fraction of sp³-hybridized carbons (Fsp3) is 0.682. The Morgan fingerprint density at radius 1 is 1.19 bits per heavy atom. The highest BCUT2D eigenvalue weighted by Crippen LogP contribution is 2.28. The van der Waals surface area contributed by atoms with Crippen molar-refractivity contribution in [3.63, 3.8) is 0 Å². The van der Waals surface area contributed by atoms with E-state index in [2.05, 4.69) is 5.32 Å². The van der Waals surface area contributed by atoms with Crippen LogP contribution >= 0.6 is 11.8 Å². The van der Waals surface area contributed by atoms with E-state index in [9.17, 15) is 18.0 Å². The summed E-state index contributed by atoms with van der Waals surface area (Å²) in [6, 6.07) is 0.381. The predicted molar refractivity (Wildman–Crippen MR) is 119 cm³/mol. The van der Waals surface area contributed by atoms with Crippen LogP contribution in [0.1, 0.15) is 44.9 Å². The first-order valence-electron chi connectivity index (χ1n) is 11.1. The van der Waals surface area contributed by atoms with Crippen LogP contribution in [0, 0.1) is 5.92 Å². The maximum Gasteiger partial charge on any atom is 0.390 e. The van der Waals surface area contributed by atoms with Gasteiger partial charge < -0.3 is 10.2 Å². The molecule has 2 aliphatic carbocycles. The second kappa shape index (κ2) is 9.90. The molecule has 1 unspecified atom stereocenters. The Morgan fingerprint density at radius 2 is 1.94 bits per heavy atom. The Labute approximate surface area is 185 Å². The van der Waals surface area contributed by atoms with E-state index in [1.165, 1.54) is 12.8 Å². The minimum absolute atomic E-state index is 0.0602. The SMILES string of the molecule is O=C1NC(CSC2CCN(CCC(F)(F)F)CC2)=NC2=CC(=NC3CCCC3)C=CC12. The number of thioether (sulfide) groups is 1. The molecule has 2 fully saturated rings. The Kier molecular flexibility index (Phi) is 7.21. The Bertz CT molecular complexity index is 791. The number of amidine groups is 1. The van der Waals surface area contributed by atoms with Gasteiger partial charge in [-0.2, -0.15) is 24.9 Å². The molecule has 5 nitrogen and oxygen atoms in total. The minimum Gasteiger partial charge on any atom is -0.313 e. The number of alkyl halides is 3. The van der Waals surface area contributed by atoms with Crippen molar-refractivity contribution in [2.45, 2.75) is 62.4 Å². The molecular weight excluding hydrogens is 425 g/mol. The lowest BCUT2D eigenvalue weighted by Gasteiger charge is -2.32. The molecule has 0 bridgehead atoms. The van der Waals surface area contributed by atoms with Crippen LogP contribution in [0.2, 0.25) is 0 Å². The van der Waals surface area contributed by atoms with Gasteiger partial charge in [0.25, 0.3) is 0 Å². The molecule has 0 radical (unpaired) electrons. The molecule has 1 saturated heterocycles. The largest absolute Gasteiger partial charge is 0.390 e. The average Bonchev–Trinajstić information content (AvgIpc) is 3.24. The summed E-state index contributed by atoms with van der Waals surface area (Å²) in [6.07, 6.45) is 7.33. The van der Waals surface area contributed by atoms with Crippen LogP contribution in [0.15, 0.2) is 33.9 Å². The molecule has 1 atom stereocenters. The number of fused-ring (bicyclic) bond motifs is 1. The highest BCUT2D eigenvalue weighted by atomic mass is 32.2. The lowest BCUT2D eigenvalue weighted by atomic mass is 9.96. The van der Waals surface area contributed by atoms with E-state index in [0.717, 1.165) is 37.1 Å². The zero-order valence-corrected chi connectivity index (χ0v) is 18.4. The number of halogens is 3. The number of nitrogens with zero attached hydrogens (tertiary/aromatic N) is 3. The third kappa shape index (κ3) is 6.44. The van der Waals surface area contributed by atoms with Crippen LogP contribution in [-0.4, -0.2) is 65.2 Å². The normalized spacial score (nSPS) is 27.3. The maximum absolute atomic E-state index is 12.5. The van der Waals surface area contributed by atoms with Gasteiger partial charge in [-0.3, -0.25) is 9.79 Å². The van der Waals surface area contributed by atoms with E-state index in [-0.39, 0.29) is 18.4 Å². The first kappa shape index (κ1) is 22.6. The maximum atomic E-state index is 12.5. The van der Waals surface area contributed by atoms with Gasteiger partial charge >= 0.3 is 6.18 Å². The van der Waals surface area contributed by atoms with Crippen LogP contribution < -0.4 is 5.32 Å². The van der Waals surface area contributed by atoms with Crippen molar-refractivity contribution >= 4 is 29.2 Å². The summed E-state index contributed by atoms with van der Waals surface area (Å²) >= 11 is 1.73. The summed E-state index contributed by atoms with van der Waals surface area (Å²) in [7, 11) is 0. The van der Waals surface area contributed by atoms with Crippen molar-refractivity contribution in [2.24, 2.45) is 15.9 Å². The molecule has 4 rings (SSSR count). The first-order valence-corrected chi connectivity index (χ1v) is 12.2. The van der Waals surface area contributed by atoms with Crippen molar-refractivity contribution in [3.8, 4) is 0 Å². The van der Waals surface area contributed by atoms with Crippen molar-refractivity contribution in [2.75, 3.05) is 25.4 Å². The second-order valence-electron chi connectivity index (χ2n) is 8.66. The van der Waals surface area contributed by atoms with Crippen LogP contribution in [0.4, 0.5) is 13.2 Å². The van der Waals surface area contributed by atoms with Gasteiger partial charge in [0, 0.05) is 11.8 Å². The second-order valence-corrected chi connectivity index (χ2v) is 9.95. The highest BCUT2D eigenvalue weighted by Gasteiger charge is 2.31. The van der Waals surface area contributed by atoms with Gasteiger partial charge in [0.15, 0.2) is 0 Å². The predicted octanol–water partition coefficient (Wildman–Crippen LogP) is 4.12. The summed E-state index contributed by atoms with van der Waals surface area (Å²) in [5, 5.41) is 3.29. The van der Waals surface area contributed by atoms with Crippen LogP contribution in [-0.2, 0) is 4.79 Å². The number of hydrogen-bond donors (Lipinski definition) is 1. The number of carbonyl (C=O) groups excluding carboxylic acids is 1. The highest BCUT2D eigenvalue weighted by molar-refractivity contribution is 8.00. The summed E-state index contributed by atoms with van der Waals surface area (Å²) < 4.78 is 37.2. The van der Waals surface area contributed by atoms with E-state index in [4.69, 9.17) is 9.98 Å². The van der Waals surface area contributed by atoms with Crippen molar-refractivity contribution in [1.29, 1.82) is 0 Å². The number of aliphatic imine (C=N–C) groups is 2. The zero-order valence-electron chi connectivity index (χ0n) is 17.5. The molecule has 0 spiro atoms. The van der Waals surface area contributed by atoms with E-state index < -0.39 is 12.6 Å². The summed E-state index contributed by atoms with van der Waals surface area (Å²) in [5.41, 5.74) is 1.65. The lowest BCUT2D eigenvalue weighted by Crippen LogP contribution is -2.42. The zero-order chi connectivity index (χ0) is 21.8. The van der Waals surface area contributed by atoms with Gasteiger partial charge in [0.05, 0.1) is 35.5 Å². The molecule has 4 aliphatic rings. The van der Waals surface area contributed by atoms with Gasteiger partial charge in [0.2, 0.25) is 5.91 Å². The van der Waals surface area contributed by atoms with Gasteiger partial charge in [-0.05, 0) is 50.9 Å². The Hall–Kier alpha value is -1.61. The van der Waals surface area contributed by atoms with E-state index in [0.29, 0.717) is 36.0 Å². The number of allylic oxidation sites excluding steroid dienone is 2. The quantitative estimate of drug-likeness (QED) is 0.657. The molecule has 1 N–H and O–H groups in total. The van der Waals surface area contributed by atoms with E-state index >= 15 is 0 Å². The third-order valence-corrected chi connectivity index (χ3v) is 7.63. The molecule has 2 heterocycles. The number of carbonyl (C=O) groups is 1. The smallest absolute Gasteiger partial charge is 0.313 e. The molecule has 170 valence electrons. The number of likely N-dealkylation sites (tertiary alicyclic amines) is 1. The average molecular weight is 455 g/mol. The fourth-order valence-corrected chi connectivity index (χ4v) is 5.56. The summed E-state index contributed by atoms with van der Waals surface area (Å²) in [5.74, 6) is 0.845. The first-order chi connectivity index (χ1) is 14.9. The van der Waals surface area contributed by atoms with Gasteiger partial charge in [-0.15, -0.1) is 0 Å². The number of nitrogens with one attached hydrogen (secondary N) is 1. The lowest BCUT2D eigenvalue weighted by molar-refractivity contribution is -0.138. The van der Waals surface area contributed by atoms with E-state index in [1.54, 1.807) is 11.8 Å². The molecule has 1 saturated carbocycles. The number of amides is 1.